The summed E-state index contributed by atoms with van der Waals surface area (Å²) in [5, 5.41) is 12.7. The summed E-state index contributed by atoms with van der Waals surface area (Å²) in [7, 11) is 1.70. The number of carbonyl (C=O) groups excluding carboxylic acids is 2. The standard InChI is InChI=1S/C16H25N3O3S.ClH/c1-22-12-16(4-7-17-8-5-16)11-19-14(20)2-6-18-15(21)13-3-9-23-10-13;/h3,9-10,17H,2,4-8,11-12H2,1H3,(H,18,21)(H,19,20);1H. The molecule has 0 saturated carbocycles. The van der Waals surface area contributed by atoms with E-state index in [1.165, 1.54) is 11.3 Å². The fourth-order valence-electron chi connectivity index (χ4n) is 2.80. The first-order valence-electron chi connectivity index (χ1n) is 7.92. The highest BCUT2D eigenvalue weighted by Gasteiger charge is 2.32. The predicted molar refractivity (Wildman–Crippen MR) is 97.9 cm³/mol. The van der Waals surface area contributed by atoms with Crippen LogP contribution in [0.3, 0.4) is 0 Å². The number of methoxy groups -OCH3 is 1. The topological polar surface area (TPSA) is 79.5 Å². The molecule has 0 aliphatic carbocycles. The van der Waals surface area contributed by atoms with Gasteiger partial charge in [-0.3, -0.25) is 9.59 Å². The van der Waals surface area contributed by atoms with Crippen LogP contribution < -0.4 is 16.0 Å². The lowest BCUT2D eigenvalue weighted by Gasteiger charge is -2.37. The molecule has 1 aromatic heterocycles. The largest absolute Gasteiger partial charge is 0.384 e. The second-order valence-corrected chi connectivity index (χ2v) is 6.76. The summed E-state index contributed by atoms with van der Waals surface area (Å²) < 4.78 is 5.34. The van der Waals surface area contributed by atoms with Crippen molar-refractivity contribution < 1.29 is 14.3 Å². The van der Waals surface area contributed by atoms with Crippen molar-refractivity contribution in [1.29, 1.82) is 0 Å². The second kappa shape index (κ2) is 10.7. The van der Waals surface area contributed by atoms with Crippen LogP contribution >= 0.6 is 23.7 Å². The van der Waals surface area contributed by atoms with Gasteiger partial charge < -0.3 is 20.7 Å². The molecule has 1 aliphatic heterocycles. The molecule has 0 spiro atoms. The van der Waals surface area contributed by atoms with Crippen LogP contribution in [0.15, 0.2) is 16.8 Å². The molecule has 2 heterocycles. The van der Waals surface area contributed by atoms with Crippen molar-refractivity contribution >= 4 is 35.6 Å². The number of amides is 2. The van der Waals surface area contributed by atoms with Crippen molar-refractivity contribution in [3.05, 3.63) is 22.4 Å². The lowest BCUT2D eigenvalue weighted by atomic mass is 9.79. The van der Waals surface area contributed by atoms with Gasteiger partial charge in [-0.2, -0.15) is 11.3 Å². The van der Waals surface area contributed by atoms with Gasteiger partial charge in [-0.25, -0.2) is 0 Å². The number of nitrogens with one attached hydrogen (secondary N) is 3. The van der Waals surface area contributed by atoms with Crippen LogP contribution in [0.4, 0.5) is 0 Å². The monoisotopic (exact) mass is 375 g/mol. The zero-order valence-electron chi connectivity index (χ0n) is 13.9. The number of ether oxygens (including phenoxy) is 1. The third kappa shape index (κ3) is 6.39. The summed E-state index contributed by atoms with van der Waals surface area (Å²) in [5.41, 5.74) is 0.666. The van der Waals surface area contributed by atoms with Gasteiger partial charge in [0.05, 0.1) is 6.61 Å². The molecule has 2 amide bonds. The number of carbonyl (C=O) groups is 2. The predicted octanol–water partition coefficient (Wildman–Crippen LogP) is 1.42. The summed E-state index contributed by atoms with van der Waals surface area (Å²) >= 11 is 1.48. The Morgan fingerprint density at radius 2 is 2.08 bits per heavy atom. The van der Waals surface area contributed by atoms with E-state index in [1.807, 2.05) is 5.38 Å². The Kier molecular flexibility index (Phi) is 9.28. The molecule has 24 heavy (non-hydrogen) atoms. The Bertz CT molecular complexity index is 499. The van der Waals surface area contributed by atoms with E-state index >= 15 is 0 Å². The molecule has 0 radical (unpaired) electrons. The summed E-state index contributed by atoms with van der Waals surface area (Å²) in [4.78, 5) is 23.8. The molecule has 2 rings (SSSR count). The van der Waals surface area contributed by atoms with E-state index in [4.69, 9.17) is 4.74 Å². The zero-order valence-corrected chi connectivity index (χ0v) is 15.6. The van der Waals surface area contributed by atoms with Crippen molar-refractivity contribution in [2.45, 2.75) is 19.3 Å². The van der Waals surface area contributed by atoms with Crippen LogP contribution in [-0.2, 0) is 9.53 Å². The molecule has 6 nitrogen and oxygen atoms in total. The average Bonchev–Trinajstić information content (AvgIpc) is 3.09. The molecule has 0 unspecified atom stereocenters. The number of hydrogen-bond donors (Lipinski definition) is 3. The highest BCUT2D eigenvalue weighted by atomic mass is 35.5. The van der Waals surface area contributed by atoms with Gasteiger partial charge in [0.15, 0.2) is 0 Å². The molecule has 0 bridgehead atoms. The van der Waals surface area contributed by atoms with Crippen LogP contribution in [0.1, 0.15) is 29.6 Å². The van der Waals surface area contributed by atoms with Gasteiger partial charge >= 0.3 is 0 Å². The molecule has 1 aromatic rings. The number of halogens is 1. The van der Waals surface area contributed by atoms with E-state index in [2.05, 4.69) is 16.0 Å². The number of piperidine rings is 1. The molecule has 136 valence electrons. The van der Waals surface area contributed by atoms with Crippen molar-refractivity contribution in [3.8, 4) is 0 Å². The average molecular weight is 376 g/mol. The molecule has 1 fully saturated rings. The van der Waals surface area contributed by atoms with Crippen molar-refractivity contribution in [1.82, 2.24) is 16.0 Å². The highest BCUT2D eigenvalue weighted by molar-refractivity contribution is 7.08. The first-order chi connectivity index (χ1) is 11.2. The quantitative estimate of drug-likeness (QED) is 0.642. The van der Waals surface area contributed by atoms with E-state index in [1.54, 1.807) is 18.6 Å². The Labute approximate surface area is 153 Å². The van der Waals surface area contributed by atoms with Gasteiger partial charge in [0.2, 0.25) is 5.91 Å². The minimum Gasteiger partial charge on any atom is -0.384 e. The van der Waals surface area contributed by atoms with E-state index in [0.717, 1.165) is 25.9 Å². The van der Waals surface area contributed by atoms with Gasteiger partial charge in [0.25, 0.3) is 5.91 Å². The fourth-order valence-corrected chi connectivity index (χ4v) is 3.43. The third-order valence-electron chi connectivity index (χ3n) is 4.20. The molecular weight excluding hydrogens is 350 g/mol. The number of hydrogen-bond acceptors (Lipinski definition) is 5. The first kappa shape index (κ1) is 20.9. The Hall–Kier alpha value is -1.15. The van der Waals surface area contributed by atoms with E-state index in [-0.39, 0.29) is 36.1 Å². The van der Waals surface area contributed by atoms with E-state index < -0.39 is 0 Å². The summed E-state index contributed by atoms with van der Waals surface area (Å²) in [6.07, 6.45) is 2.28. The van der Waals surface area contributed by atoms with Gasteiger partial charge in [-0.15, -0.1) is 12.4 Å². The smallest absolute Gasteiger partial charge is 0.252 e. The first-order valence-corrected chi connectivity index (χ1v) is 8.86. The summed E-state index contributed by atoms with van der Waals surface area (Å²) in [6.45, 7) is 3.54. The molecule has 1 saturated heterocycles. The molecule has 8 heteroatoms. The maximum absolute atomic E-state index is 12.0. The maximum atomic E-state index is 12.0. The zero-order chi connectivity index (χ0) is 16.5. The van der Waals surface area contributed by atoms with Crippen LogP contribution in [0.25, 0.3) is 0 Å². The lowest BCUT2D eigenvalue weighted by Crippen LogP contribution is -2.47. The van der Waals surface area contributed by atoms with Gasteiger partial charge in [0.1, 0.15) is 0 Å². The molecule has 3 N–H and O–H groups in total. The minimum atomic E-state index is -0.131. The van der Waals surface area contributed by atoms with Crippen LogP contribution in [0, 0.1) is 5.41 Å². The van der Waals surface area contributed by atoms with Crippen molar-refractivity contribution in [3.63, 3.8) is 0 Å². The van der Waals surface area contributed by atoms with Gasteiger partial charge in [0, 0.05) is 43.0 Å². The molecule has 1 aliphatic rings. The Balaban J connectivity index is 0.00000288. The maximum Gasteiger partial charge on any atom is 0.252 e. The fraction of sp³-hybridized carbons (Fsp3) is 0.625. The van der Waals surface area contributed by atoms with Gasteiger partial charge in [-0.1, -0.05) is 0 Å². The lowest BCUT2D eigenvalue weighted by molar-refractivity contribution is -0.121. The highest BCUT2D eigenvalue weighted by Crippen LogP contribution is 2.28. The van der Waals surface area contributed by atoms with Crippen LogP contribution in [0.2, 0.25) is 0 Å². The number of thiophene rings is 1. The molecule has 0 atom stereocenters. The third-order valence-corrected chi connectivity index (χ3v) is 4.88. The van der Waals surface area contributed by atoms with Gasteiger partial charge in [-0.05, 0) is 37.4 Å². The van der Waals surface area contributed by atoms with Crippen LogP contribution in [0.5, 0.6) is 0 Å². The second-order valence-electron chi connectivity index (χ2n) is 5.98. The SMILES string of the molecule is COCC1(CNC(=O)CCNC(=O)c2ccsc2)CCNCC1.Cl. The molecular formula is C16H26ClN3O3S. The van der Waals surface area contributed by atoms with Crippen molar-refractivity contribution in [2.75, 3.05) is 39.9 Å². The Morgan fingerprint density at radius 3 is 2.71 bits per heavy atom. The minimum absolute atomic E-state index is 0. The normalized spacial score (nSPS) is 16.0. The van der Waals surface area contributed by atoms with Crippen molar-refractivity contribution in [2.24, 2.45) is 5.41 Å². The number of rotatable bonds is 8. The summed E-state index contributed by atoms with van der Waals surface area (Å²) in [6, 6.07) is 1.77. The van der Waals surface area contributed by atoms with Crippen LogP contribution in [-0.4, -0.2) is 51.7 Å². The Morgan fingerprint density at radius 1 is 1.33 bits per heavy atom. The molecule has 0 aromatic carbocycles. The van der Waals surface area contributed by atoms with E-state index in [0.29, 0.717) is 25.3 Å². The summed E-state index contributed by atoms with van der Waals surface area (Å²) in [5.74, 6) is -0.169. The van der Waals surface area contributed by atoms with E-state index in [9.17, 15) is 9.59 Å².